The molecule has 3 N–H and O–H groups in total. The minimum absolute atomic E-state index is 0.0248. The number of benzene rings is 1. The molecule has 3 heteroatoms. The van der Waals surface area contributed by atoms with Gasteiger partial charge in [-0.15, -0.1) is 0 Å². The average Bonchev–Trinajstić information content (AvgIpc) is 2.77. The molecule has 0 aliphatic heterocycles. The fourth-order valence-electron chi connectivity index (χ4n) is 2.63. The number of hydrogen-bond acceptors (Lipinski definition) is 2. The second-order valence-corrected chi connectivity index (χ2v) is 5.55. The van der Waals surface area contributed by atoms with E-state index >= 15 is 0 Å². The molecule has 2 rings (SSSR count). The normalized spacial score (nSPS) is 19.4. The molecule has 0 aromatic heterocycles. The summed E-state index contributed by atoms with van der Waals surface area (Å²) >= 11 is 0. The molecule has 1 unspecified atom stereocenters. The SMILES string of the molecule is CC1(NC(=O)C(N)Cc2ccccc2)CCCC1. The third-order valence-electron chi connectivity index (χ3n) is 3.77. The molecule has 1 atom stereocenters. The van der Waals surface area contributed by atoms with Crippen molar-refractivity contribution in [2.24, 2.45) is 5.73 Å². The largest absolute Gasteiger partial charge is 0.350 e. The third-order valence-corrected chi connectivity index (χ3v) is 3.77. The molecule has 0 saturated heterocycles. The maximum absolute atomic E-state index is 12.1. The summed E-state index contributed by atoms with van der Waals surface area (Å²) < 4.78 is 0. The van der Waals surface area contributed by atoms with Gasteiger partial charge in [0, 0.05) is 5.54 Å². The van der Waals surface area contributed by atoms with Crippen molar-refractivity contribution in [3.63, 3.8) is 0 Å². The second kappa shape index (κ2) is 5.53. The molecule has 0 spiro atoms. The summed E-state index contributed by atoms with van der Waals surface area (Å²) in [5, 5.41) is 3.11. The molecule has 1 aliphatic rings. The first kappa shape index (κ1) is 13.1. The van der Waals surface area contributed by atoms with Crippen LogP contribution in [0.25, 0.3) is 0 Å². The van der Waals surface area contributed by atoms with Crippen LogP contribution < -0.4 is 11.1 Å². The van der Waals surface area contributed by atoms with E-state index in [1.54, 1.807) is 0 Å². The molecule has 1 amide bonds. The summed E-state index contributed by atoms with van der Waals surface area (Å²) in [5.41, 5.74) is 7.05. The monoisotopic (exact) mass is 246 g/mol. The highest BCUT2D eigenvalue weighted by molar-refractivity contribution is 5.82. The third kappa shape index (κ3) is 3.33. The van der Waals surface area contributed by atoms with Crippen molar-refractivity contribution in [3.05, 3.63) is 35.9 Å². The van der Waals surface area contributed by atoms with Crippen LogP contribution in [0.3, 0.4) is 0 Å². The van der Waals surface area contributed by atoms with Crippen LogP contribution in [0.15, 0.2) is 30.3 Å². The Morgan fingerprint density at radius 2 is 1.94 bits per heavy atom. The fraction of sp³-hybridized carbons (Fsp3) is 0.533. The smallest absolute Gasteiger partial charge is 0.237 e. The summed E-state index contributed by atoms with van der Waals surface area (Å²) in [7, 11) is 0. The Balaban J connectivity index is 1.89. The molecule has 1 aromatic carbocycles. The highest BCUT2D eigenvalue weighted by Crippen LogP contribution is 2.28. The summed E-state index contributed by atoms with van der Waals surface area (Å²) in [5.74, 6) is -0.0248. The second-order valence-electron chi connectivity index (χ2n) is 5.55. The first-order chi connectivity index (χ1) is 8.59. The molecular weight excluding hydrogens is 224 g/mol. The van der Waals surface area contributed by atoms with Crippen molar-refractivity contribution in [2.75, 3.05) is 0 Å². The first-order valence-electron chi connectivity index (χ1n) is 6.71. The number of nitrogens with two attached hydrogens (primary N) is 1. The van der Waals surface area contributed by atoms with Crippen LogP contribution in [0.1, 0.15) is 38.2 Å². The Hall–Kier alpha value is -1.35. The zero-order valence-electron chi connectivity index (χ0n) is 11.0. The van der Waals surface area contributed by atoms with Gasteiger partial charge in [-0.3, -0.25) is 4.79 Å². The van der Waals surface area contributed by atoms with Crippen molar-refractivity contribution in [2.45, 2.75) is 50.6 Å². The maximum Gasteiger partial charge on any atom is 0.237 e. The van der Waals surface area contributed by atoms with E-state index in [4.69, 9.17) is 5.73 Å². The molecule has 1 aromatic rings. The lowest BCUT2D eigenvalue weighted by atomic mass is 9.99. The Morgan fingerprint density at radius 1 is 1.33 bits per heavy atom. The Bertz CT molecular complexity index is 396. The van der Waals surface area contributed by atoms with Crippen molar-refractivity contribution < 1.29 is 4.79 Å². The molecule has 3 nitrogen and oxygen atoms in total. The van der Waals surface area contributed by atoms with E-state index in [0.717, 1.165) is 18.4 Å². The maximum atomic E-state index is 12.1. The Labute approximate surface area is 109 Å². The van der Waals surface area contributed by atoms with Gasteiger partial charge in [-0.25, -0.2) is 0 Å². The van der Waals surface area contributed by atoms with E-state index in [1.165, 1.54) is 12.8 Å². The van der Waals surface area contributed by atoms with Gasteiger partial charge in [0.2, 0.25) is 5.91 Å². The van der Waals surface area contributed by atoms with E-state index in [9.17, 15) is 4.79 Å². The summed E-state index contributed by atoms with van der Waals surface area (Å²) in [6.07, 6.45) is 5.13. The zero-order valence-corrected chi connectivity index (χ0v) is 11.0. The lowest BCUT2D eigenvalue weighted by molar-refractivity contribution is -0.124. The van der Waals surface area contributed by atoms with E-state index in [1.807, 2.05) is 30.3 Å². The topological polar surface area (TPSA) is 55.1 Å². The molecule has 1 saturated carbocycles. The fourth-order valence-corrected chi connectivity index (χ4v) is 2.63. The number of rotatable bonds is 4. The molecule has 1 aliphatic carbocycles. The number of carbonyl (C=O) groups excluding carboxylic acids is 1. The number of nitrogens with one attached hydrogen (secondary N) is 1. The highest BCUT2D eigenvalue weighted by Gasteiger charge is 2.31. The number of carbonyl (C=O) groups is 1. The Kier molecular flexibility index (Phi) is 4.02. The summed E-state index contributed by atoms with van der Waals surface area (Å²) in [6.45, 7) is 2.12. The van der Waals surface area contributed by atoms with Gasteiger partial charge in [-0.05, 0) is 31.7 Å². The van der Waals surface area contributed by atoms with Gasteiger partial charge in [-0.1, -0.05) is 43.2 Å². The minimum atomic E-state index is -0.454. The van der Waals surface area contributed by atoms with E-state index < -0.39 is 6.04 Å². The van der Waals surface area contributed by atoms with Crippen LogP contribution in [-0.4, -0.2) is 17.5 Å². The standard InChI is InChI=1S/C15H22N2O/c1-15(9-5-6-10-15)17-14(18)13(16)11-12-7-3-2-4-8-12/h2-4,7-8,13H,5-6,9-11,16H2,1H3,(H,17,18). The predicted octanol–water partition coefficient (Wildman–Crippen LogP) is 2.01. The van der Waals surface area contributed by atoms with E-state index in [-0.39, 0.29) is 11.4 Å². The molecule has 18 heavy (non-hydrogen) atoms. The van der Waals surface area contributed by atoms with Crippen LogP contribution in [0.2, 0.25) is 0 Å². The van der Waals surface area contributed by atoms with Crippen LogP contribution in [0, 0.1) is 0 Å². The highest BCUT2D eigenvalue weighted by atomic mass is 16.2. The molecule has 0 radical (unpaired) electrons. The lowest BCUT2D eigenvalue weighted by Crippen LogP contribution is -2.51. The molecule has 0 bridgehead atoms. The Morgan fingerprint density at radius 3 is 2.56 bits per heavy atom. The van der Waals surface area contributed by atoms with Gasteiger partial charge >= 0.3 is 0 Å². The van der Waals surface area contributed by atoms with Crippen LogP contribution in [0.5, 0.6) is 0 Å². The average molecular weight is 246 g/mol. The number of hydrogen-bond donors (Lipinski definition) is 2. The molecule has 1 fully saturated rings. The van der Waals surface area contributed by atoms with Crippen LogP contribution in [0.4, 0.5) is 0 Å². The van der Waals surface area contributed by atoms with Crippen molar-refractivity contribution in [1.29, 1.82) is 0 Å². The lowest BCUT2D eigenvalue weighted by Gasteiger charge is -2.27. The van der Waals surface area contributed by atoms with Crippen LogP contribution in [-0.2, 0) is 11.2 Å². The van der Waals surface area contributed by atoms with Crippen molar-refractivity contribution in [3.8, 4) is 0 Å². The van der Waals surface area contributed by atoms with Gasteiger partial charge in [0.15, 0.2) is 0 Å². The molecule has 98 valence electrons. The summed E-state index contributed by atoms with van der Waals surface area (Å²) in [6, 6.07) is 9.46. The zero-order chi connectivity index (χ0) is 13.0. The number of amides is 1. The van der Waals surface area contributed by atoms with Gasteiger partial charge in [0.05, 0.1) is 6.04 Å². The quantitative estimate of drug-likeness (QED) is 0.854. The summed E-state index contributed by atoms with van der Waals surface area (Å²) in [4.78, 5) is 12.1. The van der Waals surface area contributed by atoms with Gasteiger partial charge in [0.1, 0.15) is 0 Å². The van der Waals surface area contributed by atoms with Crippen LogP contribution >= 0.6 is 0 Å². The van der Waals surface area contributed by atoms with E-state index in [0.29, 0.717) is 6.42 Å². The van der Waals surface area contributed by atoms with Gasteiger partial charge in [0.25, 0.3) is 0 Å². The minimum Gasteiger partial charge on any atom is -0.350 e. The van der Waals surface area contributed by atoms with Gasteiger partial charge in [-0.2, -0.15) is 0 Å². The molecule has 0 heterocycles. The van der Waals surface area contributed by atoms with E-state index in [2.05, 4.69) is 12.2 Å². The predicted molar refractivity (Wildman–Crippen MR) is 73.1 cm³/mol. The van der Waals surface area contributed by atoms with Crippen molar-refractivity contribution >= 4 is 5.91 Å². The van der Waals surface area contributed by atoms with Crippen molar-refractivity contribution in [1.82, 2.24) is 5.32 Å². The first-order valence-corrected chi connectivity index (χ1v) is 6.71. The van der Waals surface area contributed by atoms with Gasteiger partial charge < -0.3 is 11.1 Å². The molecular formula is C15H22N2O.